The van der Waals surface area contributed by atoms with Gasteiger partial charge in [-0.3, -0.25) is 4.98 Å². The van der Waals surface area contributed by atoms with Gasteiger partial charge in [-0.05, 0) is 55.9 Å². The molecule has 0 spiro atoms. The zero-order valence-corrected chi connectivity index (χ0v) is 16.4. The van der Waals surface area contributed by atoms with Crippen LogP contribution in [-0.2, 0) is 16.6 Å². The number of aromatic nitrogens is 4. The summed E-state index contributed by atoms with van der Waals surface area (Å²) < 4.78 is 29.8. The molecule has 1 saturated carbocycles. The number of piperidine rings is 1. The van der Waals surface area contributed by atoms with Gasteiger partial charge in [-0.1, -0.05) is 0 Å². The molecule has 1 aliphatic carbocycles. The Kier molecular flexibility index (Phi) is 4.40. The molecule has 0 aromatic carbocycles. The Morgan fingerprint density at radius 2 is 1.96 bits per heavy atom. The van der Waals surface area contributed by atoms with Crippen molar-refractivity contribution in [2.75, 3.05) is 13.1 Å². The average molecular weight is 398 g/mol. The van der Waals surface area contributed by atoms with Crippen molar-refractivity contribution in [3.05, 3.63) is 48.7 Å². The van der Waals surface area contributed by atoms with Crippen LogP contribution in [0.1, 0.15) is 37.4 Å². The molecule has 1 saturated heterocycles. The van der Waals surface area contributed by atoms with Gasteiger partial charge in [0.05, 0.1) is 0 Å². The molecule has 1 unspecified atom stereocenters. The lowest BCUT2D eigenvalue weighted by molar-refractivity contribution is 0.245. The number of nitrogens with zero attached hydrogens (tertiary/aromatic N) is 5. The fraction of sp³-hybridized carbons (Fsp3) is 0.450. The van der Waals surface area contributed by atoms with Crippen LogP contribution >= 0.6 is 0 Å². The van der Waals surface area contributed by atoms with Crippen LogP contribution in [0.2, 0.25) is 0 Å². The van der Waals surface area contributed by atoms with Gasteiger partial charge in [0, 0.05) is 44.1 Å². The van der Waals surface area contributed by atoms with Crippen LogP contribution in [0.5, 0.6) is 0 Å². The van der Waals surface area contributed by atoms with E-state index in [1.807, 2.05) is 12.1 Å². The number of hydrogen-bond donors (Lipinski definition) is 0. The van der Waals surface area contributed by atoms with Crippen molar-refractivity contribution in [1.29, 1.82) is 0 Å². The van der Waals surface area contributed by atoms with Crippen molar-refractivity contribution in [2.24, 2.45) is 5.92 Å². The molecule has 1 atom stereocenters. The molecule has 3 aromatic rings. The Hall–Kier alpha value is -2.32. The summed E-state index contributed by atoms with van der Waals surface area (Å²) in [5, 5.41) is 0. The first-order valence-corrected chi connectivity index (χ1v) is 11.3. The van der Waals surface area contributed by atoms with E-state index >= 15 is 0 Å². The first kappa shape index (κ1) is 17.8. The summed E-state index contributed by atoms with van der Waals surface area (Å²) in [6.07, 6.45) is 9.05. The van der Waals surface area contributed by atoms with Crippen LogP contribution in [0.25, 0.3) is 11.2 Å². The maximum absolute atomic E-state index is 13.0. The maximum Gasteiger partial charge on any atom is 0.244 e. The van der Waals surface area contributed by atoms with E-state index in [0.29, 0.717) is 19.0 Å². The van der Waals surface area contributed by atoms with E-state index in [0.717, 1.165) is 36.4 Å². The Morgan fingerprint density at radius 3 is 2.75 bits per heavy atom. The number of pyridine rings is 2. The smallest absolute Gasteiger partial charge is 0.244 e. The number of fused-ring (bicyclic) bond motifs is 1. The molecule has 3 aromatic heterocycles. The van der Waals surface area contributed by atoms with Crippen molar-refractivity contribution in [3.63, 3.8) is 0 Å². The molecule has 2 aliphatic rings. The largest absolute Gasteiger partial charge is 0.312 e. The van der Waals surface area contributed by atoms with Gasteiger partial charge in [0.25, 0.3) is 0 Å². The highest BCUT2D eigenvalue weighted by Gasteiger charge is 2.33. The summed E-state index contributed by atoms with van der Waals surface area (Å²) in [7, 11) is -3.50. The van der Waals surface area contributed by atoms with Crippen LogP contribution in [0.15, 0.2) is 47.8 Å². The minimum absolute atomic E-state index is 0.247. The molecule has 0 bridgehead atoms. The number of rotatable bonds is 5. The lowest BCUT2D eigenvalue weighted by Gasteiger charge is -2.32. The standard InChI is InChI=1S/C20H23N5O2S/c26-28(27,17-5-1-9-21-12-17)24-11-3-4-15(13-24)14-25-19(16-7-8-16)23-18-6-2-10-22-20(18)25/h1-2,5-6,9-10,12,15-16H,3-4,7-8,11,13-14H2. The van der Waals surface area contributed by atoms with Gasteiger partial charge in [0.1, 0.15) is 16.2 Å². The molecule has 8 heteroatoms. The van der Waals surface area contributed by atoms with E-state index in [2.05, 4.69) is 14.5 Å². The molecule has 2 fully saturated rings. The van der Waals surface area contributed by atoms with Crippen molar-refractivity contribution >= 4 is 21.2 Å². The SMILES string of the molecule is O=S(=O)(c1cccnc1)N1CCCC(Cn2c(C3CC3)nc3cccnc32)C1. The number of sulfonamides is 1. The van der Waals surface area contributed by atoms with Crippen LogP contribution in [-0.4, -0.2) is 45.3 Å². The van der Waals surface area contributed by atoms with E-state index in [1.165, 1.54) is 19.0 Å². The fourth-order valence-corrected chi connectivity index (χ4v) is 5.63. The highest BCUT2D eigenvalue weighted by Crippen LogP contribution is 2.41. The van der Waals surface area contributed by atoms with E-state index in [4.69, 9.17) is 4.98 Å². The third kappa shape index (κ3) is 3.20. The van der Waals surface area contributed by atoms with Gasteiger partial charge in [0.15, 0.2) is 5.65 Å². The van der Waals surface area contributed by atoms with Crippen molar-refractivity contribution in [1.82, 2.24) is 23.8 Å². The van der Waals surface area contributed by atoms with Gasteiger partial charge >= 0.3 is 0 Å². The molecule has 0 radical (unpaired) electrons. The molecular formula is C20H23N5O2S. The van der Waals surface area contributed by atoms with Crippen LogP contribution in [0.3, 0.4) is 0 Å². The molecule has 146 valence electrons. The van der Waals surface area contributed by atoms with Crippen molar-refractivity contribution in [3.8, 4) is 0 Å². The van der Waals surface area contributed by atoms with Crippen LogP contribution in [0.4, 0.5) is 0 Å². The fourth-order valence-electron chi connectivity index (χ4n) is 4.11. The quantitative estimate of drug-likeness (QED) is 0.661. The Balaban J connectivity index is 1.41. The summed E-state index contributed by atoms with van der Waals surface area (Å²) in [5.41, 5.74) is 1.84. The zero-order valence-electron chi connectivity index (χ0n) is 15.6. The summed E-state index contributed by atoms with van der Waals surface area (Å²) in [6, 6.07) is 7.20. The van der Waals surface area contributed by atoms with Gasteiger partial charge in [-0.2, -0.15) is 4.31 Å². The van der Waals surface area contributed by atoms with Gasteiger partial charge < -0.3 is 4.57 Å². The first-order valence-electron chi connectivity index (χ1n) is 9.84. The van der Waals surface area contributed by atoms with Gasteiger partial charge in [0.2, 0.25) is 10.0 Å². The predicted octanol–water partition coefficient (Wildman–Crippen LogP) is 2.80. The minimum Gasteiger partial charge on any atom is -0.312 e. The Labute approximate surface area is 164 Å². The maximum atomic E-state index is 13.0. The number of imidazole rings is 1. The van der Waals surface area contributed by atoms with Crippen LogP contribution in [0, 0.1) is 5.92 Å². The van der Waals surface area contributed by atoms with Crippen molar-refractivity contribution in [2.45, 2.75) is 43.0 Å². The Bertz CT molecular complexity index is 1090. The molecule has 0 N–H and O–H groups in total. The average Bonchev–Trinajstić information content (AvgIpc) is 3.52. The summed E-state index contributed by atoms with van der Waals surface area (Å²) in [5.74, 6) is 1.88. The van der Waals surface area contributed by atoms with E-state index < -0.39 is 10.0 Å². The lowest BCUT2D eigenvalue weighted by atomic mass is 9.99. The molecular weight excluding hydrogens is 374 g/mol. The molecule has 5 rings (SSSR count). The van der Waals surface area contributed by atoms with E-state index in [9.17, 15) is 8.42 Å². The topological polar surface area (TPSA) is 81.0 Å². The minimum atomic E-state index is -3.50. The third-order valence-electron chi connectivity index (χ3n) is 5.67. The second kappa shape index (κ2) is 6.93. The molecule has 4 heterocycles. The summed E-state index contributed by atoms with van der Waals surface area (Å²) >= 11 is 0. The highest BCUT2D eigenvalue weighted by atomic mass is 32.2. The lowest BCUT2D eigenvalue weighted by Crippen LogP contribution is -2.41. The predicted molar refractivity (Wildman–Crippen MR) is 105 cm³/mol. The molecule has 28 heavy (non-hydrogen) atoms. The zero-order chi connectivity index (χ0) is 19.1. The third-order valence-corrected chi connectivity index (χ3v) is 7.52. The summed E-state index contributed by atoms with van der Waals surface area (Å²) in [4.78, 5) is 13.6. The second-order valence-corrected chi connectivity index (χ2v) is 9.70. The van der Waals surface area contributed by atoms with Gasteiger partial charge in [-0.15, -0.1) is 0 Å². The highest BCUT2D eigenvalue weighted by molar-refractivity contribution is 7.89. The van der Waals surface area contributed by atoms with Crippen molar-refractivity contribution < 1.29 is 8.42 Å². The molecule has 7 nitrogen and oxygen atoms in total. The molecule has 1 aliphatic heterocycles. The summed E-state index contributed by atoms with van der Waals surface area (Å²) in [6.45, 7) is 1.85. The monoisotopic (exact) mass is 397 g/mol. The van der Waals surface area contributed by atoms with E-state index in [1.54, 1.807) is 28.8 Å². The Morgan fingerprint density at radius 1 is 1.11 bits per heavy atom. The molecule has 0 amide bonds. The van der Waals surface area contributed by atoms with Crippen LogP contribution < -0.4 is 0 Å². The second-order valence-electron chi connectivity index (χ2n) is 7.76. The number of hydrogen-bond acceptors (Lipinski definition) is 5. The first-order chi connectivity index (χ1) is 13.6. The van der Waals surface area contributed by atoms with E-state index in [-0.39, 0.29) is 10.8 Å². The normalized spacial score (nSPS) is 21.2. The van der Waals surface area contributed by atoms with Gasteiger partial charge in [-0.25, -0.2) is 18.4 Å².